The van der Waals surface area contributed by atoms with Crippen LogP contribution in [0.2, 0.25) is 0 Å². The Hall–Kier alpha value is -1.69. The van der Waals surface area contributed by atoms with Crippen LogP contribution < -0.4 is 5.32 Å². The largest absolute Gasteiger partial charge is 0.324 e. The average Bonchev–Trinajstić information content (AvgIpc) is 2.83. The van der Waals surface area contributed by atoms with E-state index >= 15 is 0 Å². The molecule has 1 aromatic carbocycles. The van der Waals surface area contributed by atoms with Crippen LogP contribution in [0.3, 0.4) is 0 Å². The van der Waals surface area contributed by atoms with Crippen molar-refractivity contribution >= 4 is 27.5 Å². The smallest absolute Gasteiger partial charge is 0.225 e. The van der Waals surface area contributed by atoms with Gasteiger partial charge in [0.2, 0.25) is 5.91 Å². The fourth-order valence-electron chi connectivity index (χ4n) is 1.41. The van der Waals surface area contributed by atoms with Crippen LogP contribution in [0.5, 0.6) is 0 Å². The fraction of sp³-hybridized carbons (Fsp3) is 0.182. The van der Waals surface area contributed by atoms with Gasteiger partial charge in [-0.15, -0.1) is 5.10 Å². The number of nitrogens with one attached hydrogen (secondary N) is 1. The third kappa shape index (κ3) is 2.91. The van der Waals surface area contributed by atoms with Crippen LogP contribution in [-0.4, -0.2) is 26.2 Å². The van der Waals surface area contributed by atoms with Crippen molar-refractivity contribution in [3.63, 3.8) is 0 Å². The monoisotopic (exact) mass is 294 g/mol. The van der Waals surface area contributed by atoms with Crippen molar-refractivity contribution in [2.75, 3.05) is 10.6 Å². The van der Waals surface area contributed by atoms with Crippen molar-refractivity contribution in [2.45, 2.75) is 6.42 Å². The quantitative estimate of drug-likeness (QED) is 0.878. The molecule has 88 valence electrons. The molecule has 1 N–H and O–H groups in total. The van der Waals surface area contributed by atoms with Gasteiger partial charge in [-0.05, 0) is 12.1 Å². The first-order valence-corrected chi connectivity index (χ1v) is 6.25. The summed E-state index contributed by atoms with van der Waals surface area (Å²) in [5.41, 5.74) is 1.52. The Morgan fingerprint density at radius 2 is 2.24 bits per heavy atom. The van der Waals surface area contributed by atoms with Crippen molar-refractivity contribution in [2.24, 2.45) is 0 Å². The van der Waals surface area contributed by atoms with Gasteiger partial charge in [-0.1, -0.05) is 33.3 Å². The summed E-state index contributed by atoms with van der Waals surface area (Å²) in [7, 11) is 0. The number of rotatable bonds is 4. The number of hydrogen-bond donors (Lipinski definition) is 1. The second-order valence-corrected chi connectivity index (χ2v) is 4.14. The molecule has 1 amide bonds. The van der Waals surface area contributed by atoms with Gasteiger partial charge in [-0.3, -0.25) is 4.79 Å². The highest BCUT2D eigenvalue weighted by atomic mass is 79.9. The summed E-state index contributed by atoms with van der Waals surface area (Å²) in [5, 5.41) is 11.1. The summed E-state index contributed by atoms with van der Waals surface area (Å²) in [5.74, 6) is -0.0329. The van der Waals surface area contributed by atoms with Crippen molar-refractivity contribution in [1.29, 1.82) is 0 Å². The number of anilines is 1. The van der Waals surface area contributed by atoms with Gasteiger partial charge in [0.1, 0.15) is 0 Å². The van der Waals surface area contributed by atoms with Crippen molar-refractivity contribution in [1.82, 2.24) is 15.0 Å². The number of alkyl halides is 1. The van der Waals surface area contributed by atoms with Gasteiger partial charge in [0, 0.05) is 11.8 Å². The van der Waals surface area contributed by atoms with Crippen LogP contribution in [0, 0.1) is 0 Å². The van der Waals surface area contributed by atoms with Gasteiger partial charge < -0.3 is 5.32 Å². The zero-order valence-electron chi connectivity index (χ0n) is 9.01. The third-order valence-corrected chi connectivity index (χ3v) is 2.57. The van der Waals surface area contributed by atoms with Gasteiger partial charge in [-0.2, -0.15) is 0 Å². The first kappa shape index (κ1) is 11.8. The van der Waals surface area contributed by atoms with E-state index in [4.69, 9.17) is 0 Å². The molecule has 0 unspecified atom stereocenters. The summed E-state index contributed by atoms with van der Waals surface area (Å²) in [6.07, 6.45) is 3.76. The van der Waals surface area contributed by atoms with Gasteiger partial charge in [-0.25, -0.2) is 4.68 Å². The van der Waals surface area contributed by atoms with Crippen LogP contribution in [0.1, 0.15) is 6.42 Å². The predicted octanol–water partition coefficient (Wildman–Crippen LogP) is 1.99. The summed E-state index contributed by atoms with van der Waals surface area (Å²) in [4.78, 5) is 11.5. The number of amides is 1. The highest BCUT2D eigenvalue weighted by Gasteiger charge is 2.07. The molecule has 0 saturated carbocycles. The summed E-state index contributed by atoms with van der Waals surface area (Å²) < 4.78 is 1.61. The van der Waals surface area contributed by atoms with E-state index in [0.717, 1.165) is 11.4 Å². The van der Waals surface area contributed by atoms with Crippen LogP contribution in [0.15, 0.2) is 36.7 Å². The Labute approximate surface area is 107 Å². The Morgan fingerprint density at radius 1 is 1.41 bits per heavy atom. The van der Waals surface area contributed by atoms with E-state index in [-0.39, 0.29) is 5.91 Å². The molecule has 2 rings (SSSR count). The highest BCUT2D eigenvalue weighted by molar-refractivity contribution is 9.09. The van der Waals surface area contributed by atoms with Crippen molar-refractivity contribution in [3.8, 4) is 5.69 Å². The minimum absolute atomic E-state index is 0.0329. The first-order chi connectivity index (χ1) is 8.31. The lowest BCUT2D eigenvalue weighted by molar-refractivity contribution is -0.115. The lowest BCUT2D eigenvalue weighted by atomic mass is 10.2. The summed E-state index contributed by atoms with van der Waals surface area (Å²) in [6.45, 7) is 0. The molecule has 0 spiro atoms. The topological polar surface area (TPSA) is 59.8 Å². The Morgan fingerprint density at radius 3 is 2.94 bits per heavy atom. The normalized spacial score (nSPS) is 10.2. The molecule has 0 aliphatic heterocycles. The molecule has 1 heterocycles. The van der Waals surface area contributed by atoms with Gasteiger partial charge in [0.05, 0.1) is 23.8 Å². The minimum Gasteiger partial charge on any atom is -0.324 e. The zero-order chi connectivity index (χ0) is 12.1. The first-order valence-electron chi connectivity index (χ1n) is 5.13. The van der Waals surface area contributed by atoms with E-state index < -0.39 is 0 Å². The number of para-hydroxylation sites is 2. The number of carbonyl (C=O) groups excluding carboxylic acids is 1. The molecule has 0 fully saturated rings. The lowest BCUT2D eigenvalue weighted by Crippen LogP contribution is -2.13. The maximum absolute atomic E-state index is 11.5. The SMILES string of the molecule is O=C(CCBr)Nc1ccccc1-n1ccnn1. The molecule has 2 aromatic rings. The van der Waals surface area contributed by atoms with E-state index in [1.165, 1.54) is 0 Å². The molecule has 5 nitrogen and oxygen atoms in total. The van der Waals surface area contributed by atoms with Crippen LogP contribution in [0.25, 0.3) is 5.69 Å². The number of halogens is 1. The van der Waals surface area contributed by atoms with Gasteiger partial charge in [0.25, 0.3) is 0 Å². The third-order valence-electron chi connectivity index (χ3n) is 2.17. The standard InChI is InChI=1S/C11H11BrN4O/c12-6-5-11(17)14-9-3-1-2-4-10(9)16-8-7-13-15-16/h1-4,7-8H,5-6H2,(H,14,17). The van der Waals surface area contributed by atoms with Crippen molar-refractivity contribution < 1.29 is 4.79 Å². The fourth-order valence-corrected chi connectivity index (χ4v) is 1.77. The molecule has 0 bridgehead atoms. The number of aromatic nitrogens is 3. The predicted molar refractivity (Wildman–Crippen MR) is 68.4 cm³/mol. The van der Waals surface area contributed by atoms with E-state index in [2.05, 4.69) is 31.6 Å². The van der Waals surface area contributed by atoms with E-state index in [9.17, 15) is 4.79 Å². The molecule has 1 aromatic heterocycles. The zero-order valence-corrected chi connectivity index (χ0v) is 10.6. The van der Waals surface area contributed by atoms with Crippen LogP contribution in [0.4, 0.5) is 5.69 Å². The maximum Gasteiger partial charge on any atom is 0.225 e. The minimum atomic E-state index is -0.0329. The van der Waals surface area contributed by atoms with Crippen LogP contribution in [-0.2, 0) is 4.79 Å². The molecule has 6 heteroatoms. The van der Waals surface area contributed by atoms with Crippen LogP contribution >= 0.6 is 15.9 Å². The lowest BCUT2D eigenvalue weighted by Gasteiger charge is -2.09. The Balaban J connectivity index is 2.25. The highest BCUT2D eigenvalue weighted by Crippen LogP contribution is 2.18. The average molecular weight is 295 g/mol. The number of benzene rings is 1. The second-order valence-electron chi connectivity index (χ2n) is 3.35. The van der Waals surface area contributed by atoms with E-state index in [0.29, 0.717) is 11.8 Å². The molecule has 0 radical (unpaired) electrons. The molecular weight excluding hydrogens is 284 g/mol. The van der Waals surface area contributed by atoms with Gasteiger partial charge >= 0.3 is 0 Å². The number of nitrogens with zero attached hydrogens (tertiary/aromatic N) is 3. The number of hydrogen-bond acceptors (Lipinski definition) is 3. The molecule has 17 heavy (non-hydrogen) atoms. The molecular formula is C11H11BrN4O. The van der Waals surface area contributed by atoms with Crippen molar-refractivity contribution in [3.05, 3.63) is 36.7 Å². The number of carbonyl (C=O) groups is 1. The molecule has 0 saturated heterocycles. The maximum atomic E-state index is 11.5. The Kier molecular flexibility index (Phi) is 3.87. The molecule has 0 atom stereocenters. The van der Waals surface area contributed by atoms with E-state index in [1.807, 2.05) is 24.3 Å². The molecule has 0 aliphatic carbocycles. The summed E-state index contributed by atoms with van der Waals surface area (Å²) in [6, 6.07) is 7.46. The Bertz CT molecular complexity index is 498. The summed E-state index contributed by atoms with van der Waals surface area (Å²) >= 11 is 3.23. The van der Waals surface area contributed by atoms with Gasteiger partial charge in [0.15, 0.2) is 0 Å². The van der Waals surface area contributed by atoms with E-state index in [1.54, 1.807) is 17.1 Å². The second kappa shape index (κ2) is 5.58. The molecule has 0 aliphatic rings.